The number of methoxy groups -OCH3 is 2. The molecule has 0 aliphatic heterocycles. The second-order valence-corrected chi connectivity index (χ2v) is 4.59. The third-order valence-electron chi connectivity index (χ3n) is 3.03. The number of hydrogen-bond donors (Lipinski definition) is 2. The Labute approximate surface area is 120 Å². The molecular weight excluding hydrogens is 258 g/mol. The lowest BCUT2D eigenvalue weighted by molar-refractivity contribution is 0.115. The fraction of sp³-hybridized carbons (Fsp3) is 0.600. The molecule has 0 radical (unpaired) electrons. The van der Waals surface area contributed by atoms with Crippen LogP contribution in [0.15, 0.2) is 18.2 Å². The van der Waals surface area contributed by atoms with Crippen molar-refractivity contribution in [3.05, 3.63) is 23.8 Å². The van der Waals surface area contributed by atoms with Gasteiger partial charge in [-0.15, -0.1) is 0 Å². The summed E-state index contributed by atoms with van der Waals surface area (Å²) >= 11 is 0. The second-order valence-electron chi connectivity index (χ2n) is 4.59. The fourth-order valence-corrected chi connectivity index (χ4v) is 1.88. The van der Waals surface area contributed by atoms with E-state index in [1.165, 1.54) is 0 Å². The first-order chi connectivity index (χ1) is 9.62. The second kappa shape index (κ2) is 8.79. The van der Waals surface area contributed by atoms with E-state index in [0.29, 0.717) is 36.8 Å². The van der Waals surface area contributed by atoms with Crippen LogP contribution in [-0.2, 0) is 4.74 Å². The molecule has 0 saturated heterocycles. The summed E-state index contributed by atoms with van der Waals surface area (Å²) < 4.78 is 15.8. The first kappa shape index (κ1) is 16.8. The van der Waals surface area contributed by atoms with Crippen molar-refractivity contribution < 1.29 is 19.3 Å². The Balaban J connectivity index is 2.63. The van der Waals surface area contributed by atoms with Crippen LogP contribution in [-0.4, -0.2) is 45.1 Å². The zero-order chi connectivity index (χ0) is 15.0. The highest BCUT2D eigenvalue weighted by atomic mass is 16.5. The highest BCUT2D eigenvalue weighted by Gasteiger charge is 2.15. The summed E-state index contributed by atoms with van der Waals surface area (Å²) in [6, 6.07) is 5.57. The zero-order valence-corrected chi connectivity index (χ0v) is 12.7. The third kappa shape index (κ3) is 5.00. The number of aliphatic hydroxyl groups excluding tert-OH is 1. The maximum atomic E-state index is 10.3. The molecule has 0 aromatic heterocycles. The lowest BCUT2D eigenvalue weighted by atomic mass is 10.1. The maximum absolute atomic E-state index is 10.3. The topological polar surface area (TPSA) is 60.0 Å². The molecule has 0 spiro atoms. The summed E-state index contributed by atoms with van der Waals surface area (Å²) in [4.78, 5) is 0. The van der Waals surface area contributed by atoms with Crippen LogP contribution >= 0.6 is 0 Å². The van der Waals surface area contributed by atoms with E-state index in [1.807, 2.05) is 13.8 Å². The van der Waals surface area contributed by atoms with Gasteiger partial charge in [0, 0.05) is 24.8 Å². The van der Waals surface area contributed by atoms with Gasteiger partial charge < -0.3 is 24.6 Å². The largest absolute Gasteiger partial charge is 0.497 e. The highest BCUT2D eigenvalue weighted by Crippen LogP contribution is 2.29. The number of nitrogens with one attached hydrogen (secondary N) is 1. The molecule has 0 bridgehead atoms. The van der Waals surface area contributed by atoms with Crippen LogP contribution in [0.5, 0.6) is 11.5 Å². The monoisotopic (exact) mass is 283 g/mol. The molecule has 5 heteroatoms. The molecule has 114 valence electrons. The van der Waals surface area contributed by atoms with Gasteiger partial charge in [0.05, 0.1) is 26.9 Å². The van der Waals surface area contributed by atoms with Gasteiger partial charge in [0.15, 0.2) is 0 Å². The SMILES string of the molecule is CCOCC(C)NCC(O)c1cc(OC)ccc1OC. The molecule has 20 heavy (non-hydrogen) atoms. The van der Waals surface area contributed by atoms with Crippen LogP contribution in [0.25, 0.3) is 0 Å². The van der Waals surface area contributed by atoms with Gasteiger partial charge in [0.25, 0.3) is 0 Å². The third-order valence-corrected chi connectivity index (χ3v) is 3.03. The summed E-state index contributed by atoms with van der Waals surface area (Å²) in [5, 5.41) is 13.5. The van der Waals surface area contributed by atoms with E-state index in [2.05, 4.69) is 5.32 Å². The first-order valence-electron chi connectivity index (χ1n) is 6.83. The molecule has 1 aromatic carbocycles. The average Bonchev–Trinajstić information content (AvgIpc) is 2.49. The van der Waals surface area contributed by atoms with Crippen LogP contribution in [0.3, 0.4) is 0 Å². The van der Waals surface area contributed by atoms with Crippen molar-refractivity contribution in [2.45, 2.75) is 26.0 Å². The van der Waals surface area contributed by atoms with Gasteiger partial charge in [-0.25, -0.2) is 0 Å². The van der Waals surface area contributed by atoms with Gasteiger partial charge in [-0.05, 0) is 32.0 Å². The molecule has 0 fully saturated rings. The molecule has 0 saturated carbocycles. The summed E-state index contributed by atoms with van der Waals surface area (Å²) in [5.74, 6) is 1.35. The molecule has 2 N–H and O–H groups in total. The average molecular weight is 283 g/mol. The van der Waals surface area contributed by atoms with E-state index in [9.17, 15) is 5.11 Å². The van der Waals surface area contributed by atoms with Crippen LogP contribution < -0.4 is 14.8 Å². The van der Waals surface area contributed by atoms with Crippen molar-refractivity contribution in [3.8, 4) is 11.5 Å². The summed E-state index contributed by atoms with van der Waals surface area (Å²) in [6.07, 6.45) is -0.663. The van der Waals surface area contributed by atoms with E-state index < -0.39 is 6.10 Å². The van der Waals surface area contributed by atoms with E-state index in [-0.39, 0.29) is 6.04 Å². The molecule has 0 aliphatic rings. The van der Waals surface area contributed by atoms with Crippen LogP contribution in [0.1, 0.15) is 25.5 Å². The van der Waals surface area contributed by atoms with Crippen molar-refractivity contribution in [2.75, 3.05) is 34.0 Å². The van der Waals surface area contributed by atoms with E-state index >= 15 is 0 Å². The number of aliphatic hydroxyl groups is 1. The Hall–Kier alpha value is -1.30. The molecule has 0 amide bonds. The molecular formula is C15H25NO4. The normalized spacial score (nSPS) is 13.8. The molecule has 0 heterocycles. The Morgan fingerprint density at radius 3 is 2.60 bits per heavy atom. The Kier molecular flexibility index (Phi) is 7.36. The number of rotatable bonds is 9. The van der Waals surface area contributed by atoms with Crippen molar-refractivity contribution in [1.82, 2.24) is 5.32 Å². The molecule has 5 nitrogen and oxygen atoms in total. The highest BCUT2D eigenvalue weighted by molar-refractivity contribution is 5.41. The van der Waals surface area contributed by atoms with Crippen LogP contribution in [0.4, 0.5) is 0 Å². The maximum Gasteiger partial charge on any atom is 0.124 e. The number of benzene rings is 1. The van der Waals surface area contributed by atoms with Gasteiger partial charge in [-0.2, -0.15) is 0 Å². The standard InChI is InChI=1S/C15H25NO4/c1-5-20-10-11(2)16-9-14(17)13-8-12(18-3)6-7-15(13)19-4/h6-8,11,14,16-17H,5,9-10H2,1-4H3. The van der Waals surface area contributed by atoms with Gasteiger partial charge >= 0.3 is 0 Å². The number of ether oxygens (including phenoxy) is 3. The van der Waals surface area contributed by atoms with Crippen molar-refractivity contribution in [3.63, 3.8) is 0 Å². The van der Waals surface area contributed by atoms with E-state index in [0.717, 1.165) is 0 Å². The first-order valence-corrected chi connectivity index (χ1v) is 6.83. The molecule has 1 rings (SSSR count). The predicted octanol–water partition coefficient (Wildman–Crippen LogP) is 1.75. The molecule has 1 aromatic rings. The quantitative estimate of drug-likeness (QED) is 0.723. The van der Waals surface area contributed by atoms with Gasteiger partial charge in [-0.3, -0.25) is 0 Å². The van der Waals surface area contributed by atoms with E-state index in [1.54, 1.807) is 32.4 Å². The van der Waals surface area contributed by atoms with Crippen molar-refractivity contribution >= 4 is 0 Å². The minimum absolute atomic E-state index is 0.182. The Morgan fingerprint density at radius 1 is 1.25 bits per heavy atom. The summed E-state index contributed by atoms with van der Waals surface area (Å²) in [5.41, 5.74) is 0.711. The van der Waals surface area contributed by atoms with Gasteiger partial charge in [0.2, 0.25) is 0 Å². The molecule has 2 atom stereocenters. The lowest BCUT2D eigenvalue weighted by Gasteiger charge is -2.19. The van der Waals surface area contributed by atoms with E-state index in [4.69, 9.17) is 14.2 Å². The van der Waals surface area contributed by atoms with Crippen molar-refractivity contribution in [1.29, 1.82) is 0 Å². The summed E-state index contributed by atoms with van der Waals surface area (Å²) in [6.45, 7) is 5.72. The zero-order valence-electron chi connectivity index (χ0n) is 12.7. The van der Waals surface area contributed by atoms with Gasteiger partial charge in [0.1, 0.15) is 11.5 Å². The minimum Gasteiger partial charge on any atom is -0.497 e. The van der Waals surface area contributed by atoms with Crippen molar-refractivity contribution in [2.24, 2.45) is 0 Å². The molecule has 0 aliphatic carbocycles. The van der Waals surface area contributed by atoms with Crippen LogP contribution in [0, 0.1) is 0 Å². The Morgan fingerprint density at radius 2 is 2.00 bits per heavy atom. The predicted molar refractivity (Wildman–Crippen MR) is 78.5 cm³/mol. The fourth-order valence-electron chi connectivity index (χ4n) is 1.88. The molecule has 2 unspecified atom stereocenters. The van der Waals surface area contributed by atoms with Crippen LogP contribution in [0.2, 0.25) is 0 Å². The van der Waals surface area contributed by atoms with Gasteiger partial charge in [-0.1, -0.05) is 0 Å². The number of hydrogen-bond acceptors (Lipinski definition) is 5. The lowest BCUT2D eigenvalue weighted by Crippen LogP contribution is -2.34. The smallest absolute Gasteiger partial charge is 0.124 e. The minimum atomic E-state index is -0.663. The summed E-state index contributed by atoms with van der Waals surface area (Å²) in [7, 11) is 3.18. The Bertz CT molecular complexity index is 397.